The lowest BCUT2D eigenvalue weighted by atomic mass is 9.78. The average molecular weight is 417 g/mol. The summed E-state index contributed by atoms with van der Waals surface area (Å²) >= 11 is 0. The van der Waals surface area contributed by atoms with Crippen molar-refractivity contribution in [2.75, 3.05) is 0 Å². The van der Waals surface area contributed by atoms with Crippen molar-refractivity contribution in [3.05, 3.63) is 80.7 Å². The molecule has 0 spiro atoms. The zero-order valence-corrected chi connectivity index (χ0v) is 20.2. The number of halogens is 1. The Labute approximate surface area is 187 Å². The highest BCUT2D eigenvalue weighted by atomic mass is 19.1. The van der Waals surface area contributed by atoms with Crippen LogP contribution in [0.1, 0.15) is 83.0 Å². The van der Waals surface area contributed by atoms with Gasteiger partial charge in [-0.1, -0.05) is 44.0 Å². The molecule has 1 aliphatic carbocycles. The van der Waals surface area contributed by atoms with Gasteiger partial charge in [-0.2, -0.15) is 0 Å². The number of rotatable bonds is 4. The van der Waals surface area contributed by atoms with Crippen LogP contribution in [-0.2, 0) is 12.8 Å². The maximum absolute atomic E-state index is 14.2. The molecule has 0 bridgehead atoms. The number of hydrogen-bond donors (Lipinski definition) is 0. The van der Waals surface area contributed by atoms with Gasteiger partial charge >= 0.3 is 0 Å². The van der Waals surface area contributed by atoms with Crippen LogP contribution in [0.4, 0.5) is 4.39 Å². The molecule has 1 saturated carbocycles. The molecule has 1 heteroatoms. The summed E-state index contributed by atoms with van der Waals surface area (Å²) in [5.74, 6) is 1.53. The number of hydrogen-bond acceptors (Lipinski definition) is 0. The second-order valence-corrected chi connectivity index (χ2v) is 10.2. The van der Waals surface area contributed by atoms with Gasteiger partial charge in [-0.25, -0.2) is 4.39 Å². The van der Waals surface area contributed by atoms with Crippen molar-refractivity contribution >= 4 is 10.8 Å². The van der Waals surface area contributed by atoms with Crippen molar-refractivity contribution < 1.29 is 4.39 Å². The summed E-state index contributed by atoms with van der Waals surface area (Å²) in [6.45, 7) is 13.1. The van der Waals surface area contributed by atoms with E-state index in [9.17, 15) is 4.39 Å². The van der Waals surface area contributed by atoms with Crippen molar-refractivity contribution in [3.8, 4) is 0 Å². The Morgan fingerprint density at radius 3 is 2.13 bits per heavy atom. The second kappa shape index (κ2) is 8.77. The molecule has 1 fully saturated rings. The SMILES string of the molecule is Cc1cc(CCc2c(C)cc3cc(C4CCC(C)CC4)cc(C)c3c2C)cc(F)c1C. The van der Waals surface area contributed by atoms with E-state index >= 15 is 0 Å². The molecule has 0 amide bonds. The van der Waals surface area contributed by atoms with E-state index in [1.807, 2.05) is 13.8 Å². The highest BCUT2D eigenvalue weighted by Gasteiger charge is 2.21. The van der Waals surface area contributed by atoms with Gasteiger partial charge in [0.1, 0.15) is 5.82 Å². The van der Waals surface area contributed by atoms with E-state index in [1.54, 1.807) is 6.07 Å². The van der Waals surface area contributed by atoms with Gasteiger partial charge in [0.15, 0.2) is 0 Å². The number of fused-ring (bicyclic) bond motifs is 1. The van der Waals surface area contributed by atoms with E-state index in [4.69, 9.17) is 0 Å². The molecule has 0 N–H and O–H groups in total. The van der Waals surface area contributed by atoms with Crippen LogP contribution >= 0.6 is 0 Å². The summed E-state index contributed by atoms with van der Waals surface area (Å²) in [6, 6.07) is 11.2. The normalized spacial score (nSPS) is 19.2. The van der Waals surface area contributed by atoms with Gasteiger partial charge in [0.2, 0.25) is 0 Å². The first-order valence-corrected chi connectivity index (χ1v) is 12.0. The molecule has 0 heterocycles. The van der Waals surface area contributed by atoms with E-state index in [0.717, 1.165) is 41.4 Å². The molecule has 0 unspecified atom stereocenters. The number of benzene rings is 3. The van der Waals surface area contributed by atoms with E-state index in [2.05, 4.69) is 52.0 Å². The summed E-state index contributed by atoms with van der Waals surface area (Å²) in [5.41, 5.74) is 10.0. The monoisotopic (exact) mass is 416 g/mol. The lowest BCUT2D eigenvalue weighted by molar-refractivity contribution is 0.348. The fraction of sp³-hybridized carbons (Fsp3) is 0.467. The van der Waals surface area contributed by atoms with Gasteiger partial charge in [-0.3, -0.25) is 0 Å². The van der Waals surface area contributed by atoms with Crippen LogP contribution in [-0.4, -0.2) is 0 Å². The largest absolute Gasteiger partial charge is 0.207 e. The van der Waals surface area contributed by atoms with Crippen LogP contribution in [0.25, 0.3) is 10.8 Å². The molecule has 0 atom stereocenters. The Kier molecular flexibility index (Phi) is 6.24. The van der Waals surface area contributed by atoms with Gasteiger partial charge in [-0.05, 0) is 133 Å². The maximum Gasteiger partial charge on any atom is 0.126 e. The van der Waals surface area contributed by atoms with E-state index in [0.29, 0.717) is 0 Å². The highest BCUT2D eigenvalue weighted by Crippen LogP contribution is 2.38. The highest BCUT2D eigenvalue weighted by molar-refractivity contribution is 5.91. The molecule has 1 aliphatic rings. The summed E-state index contributed by atoms with van der Waals surface area (Å²) in [7, 11) is 0. The Hall–Kier alpha value is -2.15. The smallest absolute Gasteiger partial charge is 0.126 e. The predicted molar refractivity (Wildman–Crippen MR) is 132 cm³/mol. The first-order chi connectivity index (χ1) is 14.7. The molecule has 0 aromatic heterocycles. The van der Waals surface area contributed by atoms with E-state index in [1.165, 1.54) is 64.3 Å². The molecular weight excluding hydrogens is 379 g/mol. The third-order valence-corrected chi connectivity index (χ3v) is 7.88. The lowest BCUT2D eigenvalue weighted by Crippen LogP contribution is -2.11. The zero-order chi connectivity index (χ0) is 22.3. The first-order valence-electron chi connectivity index (χ1n) is 12.0. The molecule has 3 aromatic carbocycles. The molecule has 0 radical (unpaired) electrons. The van der Waals surface area contributed by atoms with Crippen molar-refractivity contribution in [1.82, 2.24) is 0 Å². The van der Waals surface area contributed by atoms with Crippen LogP contribution in [0.2, 0.25) is 0 Å². The maximum atomic E-state index is 14.2. The number of aryl methyl sites for hydroxylation is 5. The van der Waals surface area contributed by atoms with Crippen LogP contribution < -0.4 is 0 Å². The van der Waals surface area contributed by atoms with Crippen molar-refractivity contribution in [2.24, 2.45) is 5.92 Å². The molecule has 0 nitrogen and oxygen atoms in total. The topological polar surface area (TPSA) is 0 Å². The Morgan fingerprint density at radius 1 is 0.742 bits per heavy atom. The molecule has 0 saturated heterocycles. The summed E-state index contributed by atoms with van der Waals surface area (Å²) in [5, 5.41) is 2.81. The van der Waals surface area contributed by atoms with Gasteiger partial charge in [0.05, 0.1) is 0 Å². The van der Waals surface area contributed by atoms with Crippen LogP contribution in [0.3, 0.4) is 0 Å². The zero-order valence-electron chi connectivity index (χ0n) is 20.2. The van der Waals surface area contributed by atoms with Crippen LogP contribution in [0.5, 0.6) is 0 Å². The Balaban J connectivity index is 1.65. The van der Waals surface area contributed by atoms with Gasteiger partial charge in [0, 0.05) is 0 Å². The summed E-state index contributed by atoms with van der Waals surface area (Å²) < 4.78 is 14.2. The minimum Gasteiger partial charge on any atom is -0.207 e. The van der Waals surface area contributed by atoms with Gasteiger partial charge in [-0.15, -0.1) is 0 Å². The van der Waals surface area contributed by atoms with Crippen LogP contribution in [0.15, 0.2) is 30.3 Å². The summed E-state index contributed by atoms with van der Waals surface area (Å²) in [6.07, 6.45) is 7.21. The standard InChI is InChI=1S/C30H37F/c1-18-7-10-25(11-8-18)26-15-21(4)30-23(6)28(20(3)14-27(30)17-26)12-9-24-13-19(2)22(5)29(31)16-24/h13-18,25H,7-12H2,1-6H3. The average Bonchev–Trinajstić information content (AvgIpc) is 2.71. The predicted octanol–water partition coefficient (Wildman–Crippen LogP) is 8.60. The lowest BCUT2D eigenvalue weighted by Gasteiger charge is -2.27. The van der Waals surface area contributed by atoms with Crippen molar-refractivity contribution in [3.63, 3.8) is 0 Å². The quantitative estimate of drug-likeness (QED) is 0.399. The van der Waals surface area contributed by atoms with Crippen molar-refractivity contribution in [1.29, 1.82) is 0 Å². The van der Waals surface area contributed by atoms with Crippen molar-refractivity contribution in [2.45, 2.75) is 86.0 Å². The third kappa shape index (κ3) is 4.43. The molecule has 3 aromatic rings. The van der Waals surface area contributed by atoms with E-state index < -0.39 is 0 Å². The first kappa shape index (κ1) is 22.1. The molecule has 164 valence electrons. The van der Waals surface area contributed by atoms with Gasteiger partial charge in [0.25, 0.3) is 0 Å². The van der Waals surface area contributed by atoms with Gasteiger partial charge < -0.3 is 0 Å². The molecular formula is C30H37F. The third-order valence-electron chi connectivity index (χ3n) is 7.88. The molecule has 4 rings (SSSR count). The summed E-state index contributed by atoms with van der Waals surface area (Å²) in [4.78, 5) is 0. The molecule has 31 heavy (non-hydrogen) atoms. The Morgan fingerprint density at radius 2 is 1.45 bits per heavy atom. The van der Waals surface area contributed by atoms with E-state index in [-0.39, 0.29) is 5.82 Å². The minimum atomic E-state index is -0.0811. The Bertz CT molecular complexity index is 1090. The van der Waals surface area contributed by atoms with Crippen LogP contribution in [0, 0.1) is 46.4 Å². The molecule has 0 aliphatic heterocycles. The minimum absolute atomic E-state index is 0.0811. The fourth-order valence-corrected chi connectivity index (χ4v) is 5.75. The second-order valence-electron chi connectivity index (χ2n) is 10.2. The fourth-order valence-electron chi connectivity index (χ4n) is 5.75.